The summed E-state index contributed by atoms with van der Waals surface area (Å²) in [6.45, 7) is 4.75. The summed E-state index contributed by atoms with van der Waals surface area (Å²) in [6, 6.07) is 16.4. The number of fused-ring (bicyclic) bond motifs is 3. The molecule has 1 unspecified atom stereocenters. The third-order valence-electron chi connectivity index (χ3n) is 7.54. The molecule has 4 rings (SSSR count). The number of hydrogen-bond donors (Lipinski definition) is 2. The Labute approximate surface area is 206 Å². The third-order valence-corrected chi connectivity index (χ3v) is 7.54. The molecule has 0 radical (unpaired) electrons. The number of nitrogens with one attached hydrogen (secondary N) is 1. The summed E-state index contributed by atoms with van der Waals surface area (Å²) >= 11 is 0. The molecule has 2 aromatic carbocycles. The first-order valence-corrected chi connectivity index (χ1v) is 12.4. The molecule has 0 heterocycles. The van der Waals surface area contributed by atoms with Gasteiger partial charge in [-0.15, -0.1) is 0 Å². The van der Waals surface area contributed by atoms with E-state index >= 15 is 0 Å². The van der Waals surface area contributed by atoms with Crippen LogP contribution in [0.5, 0.6) is 0 Å². The zero-order valence-electron chi connectivity index (χ0n) is 20.5. The number of carbonyl (C=O) groups is 3. The highest BCUT2D eigenvalue weighted by Crippen LogP contribution is 2.45. The van der Waals surface area contributed by atoms with Gasteiger partial charge in [0.15, 0.2) is 0 Å². The van der Waals surface area contributed by atoms with E-state index in [1.54, 1.807) is 11.8 Å². The summed E-state index contributed by atoms with van der Waals surface area (Å²) in [5.74, 6) is -1.59. The SMILES string of the molecule is CCN(CC(C)C(=O)O)C(=O)CC1(CNC(=O)OCC2c3ccccc3-c3ccccc32)CCC1. The summed E-state index contributed by atoms with van der Waals surface area (Å²) in [4.78, 5) is 38.3. The molecule has 35 heavy (non-hydrogen) atoms. The fraction of sp³-hybridized carbons (Fsp3) is 0.464. The summed E-state index contributed by atoms with van der Waals surface area (Å²) in [5.41, 5.74) is 4.40. The summed E-state index contributed by atoms with van der Waals surface area (Å²) in [6.07, 6.45) is 2.55. The number of nitrogens with zero attached hydrogens (tertiary/aromatic N) is 1. The van der Waals surface area contributed by atoms with Crippen molar-refractivity contribution in [3.63, 3.8) is 0 Å². The van der Waals surface area contributed by atoms with Crippen LogP contribution in [0, 0.1) is 11.3 Å². The number of alkyl carbamates (subject to hydrolysis) is 1. The van der Waals surface area contributed by atoms with Crippen LogP contribution in [0.15, 0.2) is 48.5 Å². The van der Waals surface area contributed by atoms with E-state index in [2.05, 4.69) is 29.6 Å². The smallest absolute Gasteiger partial charge is 0.407 e. The summed E-state index contributed by atoms with van der Waals surface area (Å²) < 4.78 is 5.65. The van der Waals surface area contributed by atoms with Crippen LogP contribution < -0.4 is 5.32 Å². The number of aliphatic carboxylic acids is 1. The van der Waals surface area contributed by atoms with Crippen LogP contribution in [0.2, 0.25) is 0 Å². The lowest BCUT2D eigenvalue weighted by Gasteiger charge is -2.42. The third kappa shape index (κ3) is 5.34. The van der Waals surface area contributed by atoms with Crippen molar-refractivity contribution in [1.29, 1.82) is 0 Å². The fourth-order valence-corrected chi connectivity index (χ4v) is 5.25. The quantitative estimate of drug-likeness (QED) is 0.518. The van der Waals surface area contributed by atoms with E-state index in [-0.39, 0.29) is 30.4 Å². The molecular formula is C28H34N2O5. The molecule has 1 fully saturated rings. The Hall–Kier alpha value is -3.35. The van der Waals surface area contributed by atoms with E-state index in [1.807, 2.05) is 31.2 Å². The molecule has 2 N–H and O–H groups in total. The lowest BCUT2D eigenvalue weighted by atomic mass is 9.66. The molecule has 0 spiro atoms. The second-order valence-electron chi connectivity index (χ2n) is 9.88. The number of rotatable bonds is 10. The van der Waals surface area contributed by atoms with Gasteiger partial charge in [0.1, 0.15) is 6.61 Å². The average Bonchev–Trinajstić information content (AvgIpc) is 3.16. The molecule has 0 bridgehead atoms. The molecule has 2 aliphatic carbocycles. The van der Waals surface area contributed by atoms with Crippen LogP contribution in [0.4, 0.5) is 4.79 Å². The number of carboxylic acids is 1. The molecule has 1 atom stereocenters. The minimum Gasteiger partial charge on any atom is -0.481 e. The minimum atomic E-state index is -0.911. The normalized spacial score (nSPS) is 16.4. The maximum Gasteiger partial charge on any atom is 0.407 e. The number of carbonyl (C=O) groups excluding carboxylic acids is 2. The van der Waals surface area contributed by atoms with Gasteiger partial charge in [0.05, 0.1) is 5.92 Å². The summed E-state index contributed by atoms with van der Waals surface area (Å²) in [7, 11) is 0. The molecule has 0 aliphatic heterocycles. The topological polar surface area (TPSA) is 95.9 Å². The van der Waals surface area contributed by atoms with Crippen LogP contribution in [0.3, 0.4) is 0 Å². The number of hydrogen-bond acceptors (Lipinski definition) is 4. The first-order chi connectivity index (χ1) is 16.8. The van der Waals surface area contributed by atoms with Crippen LogP contribution in [0.25, 0.3) is 11.1 Å². The van der Waals surface area contributed by atoms with E-state index in [0.717, 1.165) is 30.4 Å². The van der Waals surface area contributed by atoms with Crippen molar-refractivity contribution in [3.05, 3.63) is 59.7 Å². The van der Waals surface area contributed by atoms with Gasteiger partial charge in [0.25, 0.3) is 0 Å². The van der Waals surface area contributed by atoms with Gasteiger partial charge >= 0.3 is 12.1 Å². The molecule has 1 saturated carbocycles. The Balaban J connectivity index is 1.32. The van der Waals surface area contributed by atoms with Gasteiger partial charge in [-0.3, -0.25) is 9.59 Å². The summed E-state index contributed by atoms with van der Waals surface area (Å²) in [5, 5.41) is 12.1. The van der Waals surface area contributed by atoms with Crippen molar-refractivity contribution in [2.75, 3.05) is 26.2 Å². The van der Waals surface area contributed by atoms with E-state index in [1.165, 1.54) is 11.1 Å². The molecule has 7 heteroatoms. The van der Waals surface area contributed by atoms with Gasteiger partial charge < -0.3 is 20.1 Å². The predicted molar refractivity (Wildman–Crippen MR) is 133 cm³/mol. The van der Waals surface area contributed by atoms with E-state index in [4.69, 9.17) is 4.74 Å². The Morgan fingerprint density at radius 1 is 1.09 bits per heavy atom. The molecule has 0 saturated heterocycles. The van der Waals surface area contributed by atoms with Gasteiger partial charge in [-0.2, -0.15) is 0 Å². The Morgan fingerprint density at radius 2 is 1.69 bits per heavy atom. The minimum absolute atomic E-state index is 0.00160. The first-order valence-electron chi connectivity index (χ1n) is 12.4. The Bertz CT molecular complexity index is 1050. The van der Waals surface area contributed by atoms with Crippen LogP contribution in [0.1, 0.15) is 56.6 Å². The maximum atomic E-state index is 12.9. The van der Waals surface area contributed by atoms with Crippen molar-refractivity contribution in [3.8, 4) is 11.1 Å². The fourth-order valence-electron chi connectivity index (χ4n) is 5.25. The van der Waals surface area contributed by atoms with Crippen LogP contribution >= 0.6 is 0 Å². The van der Waals surface area contributed by atoms with E-state index in [9.17, 15) is 19.5 Å². The van der Waals surface area contributed by atoms with E-state index < -0.39 is 18.0 Å². The number of benzene rings is 2. The monoisotopic (exact) mass is 478 g/mol. The van der Waals surface area contributed by atoms with Crippen molar-refractivity contribution >= 4 is 18.0 Å². The molecule has 2 aromatic rings. The lowest BCUT2D eigenvalue weighted by molar-refractivity contribution is -0.143. The van der Waals surface area contributed by atoms with Crippen molar-refractivity contribution in [1.82, 2.24) is 10.2 Å². The second kappa shape index (κ2) is 10.5. The molecule has 186 valence electrons. The van der Waals surface area contributed by atoms with Gasteiger partial charge in [-0.25, -0.2) is 4.79 Å². The number of ether oxygens (including phenoxy) is 1. The zero-order chi connectivity index (χ0) is 25.0. The van der Waals surface area contributed by atoms with Crippen LogP contribution in [-0.2, 0) is 14.3 Å². The lowest BCUT2D eigenvalue weighted by Crippen LogP contribution is -2.47. The molecule has 2 aliphatic rings. The van der Waals surface area contributed by atoms with E-state index in [0.29, 0.717) is 19.5 Å². The standard InChI is InChI=1S/C28H34N2O5/c1-3-30(16-19(2)26(32)33)25(31)15-28(13-8-14-28)18-29-27(34)35-17-24-22-11-6-4-9-20(22)21-10-5-7-12-23(21)24/h4-7,9-12,19,24H,3,8,13-18H2,1-2H3,(H,29,34)(H,32,33). The highest BCUT2D eigenvalue weighted by Gasteiger charge is 2.40. The predicted octanol–water partition coefficient (Wildman–Crippen LogP) is 4.65. The molecular weight excluding hydrogens is 444 g/mol. The number of carboxylic acid groups (broad SMARTS) is 1. The van der Waals surface area contributed by atoms with Gasteiger partial charge in [-0.1, -0.05) is 61.9 Å². The Morgan fingerprint density at radius 3 is 2.20 bits per heavy atom. The van der Waals surface area contributed by atoms with Crippen molar-refractivity contribution in [2.24, 2.45) is 11.3 Å². The molecule has 7 nitrogen and oxygen atoms in total. The highest BCUT2D eigenvalue weighted by molar-refractivity contribution is 5.80. The molecule has 0 aromatic heterocycles. The average molecular weight is 479 g/mol. The van der Waals surface area contributed by atoms with Gasteiger partial charge in [0, 0.05) is 32.0 Å². The Kier molecular flexibility index (Phi) is 7.43. The zero-order valence-corrected chi connectivity index (χ0v) is 20.5. The second-order valence-corrected chi connectivity index (χ2v) is 9.88. The molecule has 2 amide bonds. The van der Waals surface area contributed by atoms with Crippen LogP contribution in [-0.4, -0.2) is 54.2 Å². The largest absolute Gasteiger partial charge is 0.481 e. The highest BCUT2D eigenvalue weighted by atomic mass is 16.5. The maximum absolute atomic E-state index is 12.9. The number of amides is 2. The van der Waals surface area contributed by atoms with Crippen molar-refractivity contribution < 1.29 is 24.2 Å². The van der Waals surface area contributed by atoms with Gasteiger partial charge in [0.2, 0.25) is 5.91 Å². The first kappa shape index (κ1) is 24.8. The van der Waals surface area contributed by atoms with Crippen molar-refractivity contribution in [2.45, 2.75) is 45.4 Å². The van der Waals surface area contributed by atoms with Gasteiger partial charge in [-0.05, 0) is 47.4 Å².